The lowest BCUT2D eigenvalue weighted by Gasteiger charge is -2.10. The van der Waals surface area contributed by atoms with Crippen LogP contribution >= 0.6 is 11.6 Å². The second-order valence-corrected chi connectivity index (χ2v) is 7.08. The summed E-state index contributed by atoms with van der Waals surface area (Å²) >= 11 is 6.11. The maximum absolute atomic E-state index is 12.6. The topological polar surface area (TPSA) is 76.0 Å². The van der Waals surface area contributed by atoms with Crippen molar-refractivity contribution in [3.8, 4) is 5.69 Å². The first-order chi connectivity index (χ1) is 13.9. The highest BCUT2D eigenvalue weighted by atomic mass is 35.5. The number of carbonyl (C=O) groups excluding carboxylic acids is 2. The summed E-state index contributed by atoms with van der Waals surface area (Å²) in [5, 5.41) is 10.5. The Morgan fingerprint density at radius 1 is 1.10 bits per heavy atom. The van der Waals surface area contributed by atoms with Gasteiger partial charge in [0.15, 0.2) is 0 Å². The molecule has 0 spiro atoms. The monoisotopic (exact) mass is 410 g/mol. The lowest BCUT2D eigenvalue weighted by Crippen LogP contribution is -2.23. The van der Waals surface area contributed by atoms with Crippen LogP contribution in [0.3, 0.4) is 0 Å². The molecule has 0 saturated heterocycles. The highest BCUT2D eigenvalue weighted by Gasteiger charge is 2.17. The molecule has 3 rings (SSSR count). The van der Waals surface area contributed by atoms with Crippen LogP contribution in [0.5, 0.6) is 0 Å². The summed E-state index contributed by atoms with van der Waals surface area (Å²) in [4.78, 5) is 24.7. The van der Waals surface area contributed by atoms with Gasteiger partial charge >= 0.3 is 0 Å². The minimum atomic E-state index is -0.274. The van der Waals surface area contributed by atoms with E-state index in [0.717, 1.165) is 22.6 Å². The Hall–Kier alpha value is -3.12. The summed E-state index contributed by atoms with van der Waals surface area (Å²) in [6.07, 6.45) is 0.184. The molecule has 0 aliphatic heterocycles. The Morgan fingerprint density at radius 2 is 1.83 bits per heavy atom. The zero-order valence-electron chi connectivity index (χ0n) is 16.6. The highest BCUT2D eigenvalue weighted by Crippen LogP contribution is 2.22. The third-order valence-electron chi connectivity index (χ3n) is 4.61. The molecule has 2 N–H and O–H groups in total. The molecular formula is C22H23ClN4O2. The Kier molecular flexibility index (Phi) is 6.34. The molecule has 29 heavy (non-hydrogen) atoms. The van der Waals surface area contributed by atoms with Crippen molar-refractivity contribution in [2.24, 2.45) is 0 Å². The van der Waals surface area contributed by atoms with Crippen LogP contribution < -0.4 is 10.6 Å². The number of rotatable bonds is 6. The zero-order valence-corrected chi connectivity index (χ0v) is 17.4. The molecule has 0 aliphatic rings. The van der Waals surface area contributed by atoms with Crippen LogP contribution in [-0.4, -0.2) is 28.1 Å². The van der Waals surface area contributed by atoms with Gasteiger partial charge in [-0.2, -0.15) is 5.10 Å². The predicted octanol–water partition coefficient (Wildman–Crippen LogP) is 4.07. The Morgan fingerprint density at radius 3 is 2.52 bits per heavy atom. The summed E-state index contributed by atoms with van der Waals surface area (Å²) in [6.45, 7) is 6.17. The van der Waals surface area contributed by atoms with Crippen molar-refractivity contribution in [2.75, 3.05) is 11.9 Å². The standard InChI is InChI=1S/C22H23ClN4O2/c1-4-24-22(29)19-12-16(10-11-20(19)23)25-21(28)13-18-14(2)26-27(15(18)3)17-8-6-5-7-9-17/h5-12H,4,13H2,1-3H3,(H,24,29)(H,25,28). The van der Waals surface area contributed by atoms with Gasteiger partial charge in [0.1, 0.15) is 0 Å². The van der Waals surface area contributed by atoms with Crippen LogP contribution in [0.1, 0.15) is 34.2 Å². The van der Waals surface area contributed by atoms with Gasteiger partial charge in [0, 0.05) is 23.5 Å². The highest BCUT2D eigenvalue weighted by molar-refractivity contribution is 6.34. The molecule has 2 amide bonds. The van der Waals surface area contributed by atoms with Crippen LogP contribution in [0.25, 0.3) is 5.69 Å². The second kappa shape index (κ2) is 8.92. The first kappa shape index (κ1) is 20.6. The predicted molar refractivity (Wildman–Crippen MR) is 115 cm³/mol. The molecule has 0 bridgehead atoms. The van der Waals surface area contributed by atoms with Gasteiger partial charge in [-0.1, -0.05) is 29.8 Å². The van der Waals surface area contributed by atoms with Gasteiger partial charge in [-0.15, -0.1) is 0 Å². The number of nitrogens with zero attached hydrogens (tertiary/aromatic N) is 2. The van der Waals surface area contributed by atoms with Gasteiger partial charge in [-0.3, -0.25) is 9.59 Å². The minimum absolute atomic E-state index is 0.184. The molecule has 0 aliphatic carbocycles. The molecule has 0 saturated carbocycles. The van der Waals surface area contributed by atoms with Crippen LogP contribution in [0.4, 0.5) is 5.69 Å². The summed E-state index contributed by atoms with van der Waals surface area (Å²) in [5.74, 6) is -0.461. The third-order valence-corrected chi connectivity index (χ3v) is 4.94. The molecule has 150 valence electrons. The van der Waals surface area contributed by atoms with Gasteiger partial charge in [0.05, 0.1) is 28.4 Å². The molecule has 1 aromatic heterocycles. The molecule has 0 fully saturated rings. The van der Waals surface area contributed by atoms with E-state index in [1.165, 1.54) is 0 Å². The van der Waals surface area contributed by atoms with Crippen molar-refractivity contribution in [1.82, 2.24) is 15.1 Å². The lowest BCUT2D eigenvalue weighted by atomic mass is 10.1. The van der Waals surface area contributed by atoms with Crippen LogP contribution in [-0.2, 0) is 11.2 Å². The van der Waals surface area contributed by atoms with Gasteiger partial charge < -0.3 is 10.6 Å². The van der Waals surface area contributed by atoms with E-state index in [0.29, 0.717) is 22.8 Å². The van der Waals surface area contributed by atoms with Crippen LogP contribution in [0.15, 0.2) is 48.5 Å². The number of hydrogen-bond acceptors (Lipinski definition) is 3. The van der Waals surface area contributed by atoms with Crippen molar-refractivity contribution in [1.29, 1.82) is 0 Å². The second-order valence-electron chi connectivity index (χ2n) is 6.68. The largest absolute Gasteiger partial charge is 0.352 e. The van der Waals surface area contributed by atoms with Crippen molar-refractivity contribution in [2.45, 2.75) is 27.2 Å². The van der Waals surface area contributed by atoms with Gasteiger partial charge in [-0.05, 0) is 51.1 Å². The van der Waals surface area contributed by atoms with Crippen LogP contribution in [0.2, 0.25) is 5.02 Å². The molecule has 3 aromatic rings. The molecule has 6 nitrogen and oxygen atoms in total. The smallest absolute Gasteiger partial charge is 0.252 e. The molecule has 2 aromatic carbocycles. The Balaban J connectivity index is 1.78. The summed E-state index contributed by atoms with van der Waals surface area (Å²) in [5.41, 5.74) is 4.40. The molecular weight excluding hydrogens is 388 g/mol. The number of anilines is 1. The van der Waals surface area contributed by atoms with Gasteiger partial charge in [0.25, 0.3) is 5.91 Å². The quantitative estimate of drug-likeness (QED) is 0.643. The summed E-state index contributed by atoms with van der Waals surface area (Å²) in [6, 6.07) is 14.7. The fourth-order valence-electron chi connectivity index (χ4n) is 3.15. The SMILES string of the molecule is CCNC(=O)c1cc(NC(=O)Cc2c(C)nn(-c3ccccc3)c2C)ccc1Cl. The molecule has 0 unspecified atom stereocenters. The number of halogens is 1. The van der Waals surface area contributed by atoms with Crippen molar-refractivity contribution < 1.29 is 9.59 Å². The van der Waals surface area contributed by atoms with E-state index in [4.69, 9.17) is 11.6 Å². The fourth-order valence-corrected chi connectivity index (χ4v) is 3.35. The summed E-state index contributed by atoms with van der Waals surface area (Å²) < 4.78 is 1.84. The number of carbonyl (C=O) groups is 2. The van der Waals surface area contributed by atoms with E-state index >= 15 is 0 Å². The lowest BCUT2D eigenvalue weighted by molar-refractivity contribution is -0.115. The van der Waals surface area contributed by atoms with Crippen LogP contribution in [0, 0.1) is 13.8 Å². The normalized spacial score (nSPS) is 10.6. The number of para-hydroxylation sites is 1. The van der Waals surface area contributed by atoms with Gasteiger partial charge in [0.2, 0.25) is 5.91 Å². The number of aryl methyl sites for hydroxylation is 1. The average Bonchev–Trinajstić information content (AvgIpc) is 2.98. The van der Waals surface area contributed by atoms with Crippen molar-refractivity contribution >= 4 is 29.1 Å². The van der Waals surface area contributed by atoms with E-state index in [9.17, 15) is 9.59 Å². The molecule has 1 heterocycles. The van der Waals surface area contributed by atoms with Crippen molar-refractivity contribution in [3.63, 3.8) is 0 Å². The third kappa shape index (κ3) is 4.66. The van der Waals surface area contributed by atoms with E-state index in [1.807, 2.05) is 55.8 Å². The van der Waals surface area contributed by atoms with Crippen molar-refractivity contribution in [3.05, 3.63) is 76.1 Å². The van der Waals surface area contributed by atoms with E-state index in [1.54, 1.807) is 18.2 Å². The Bertz CT molecular complexity index is 1040. The van der Waals surface area contributed by atoms with E-state index in [2.05, 4.69) is 15.7 Å². The molecule has 0 radical (unpaired) electrons. The number of amides is 2. The Labute approximate surface area is 174 Å². The fraction of sp³-hybridized carbons (Fsp3) is 0.227. The first-order valence-electron chi connectivity index (χ1n) is 9.38. The number of aromatic nitrogens is 2. The zero-order chi connectivity index (χ0) is 21.0. The maximum atomic E-state index is 12.6. The maximum Gasteiger partial charge on any atom is 0.252 e. The molecule has 7 heteroatoms. The molecule has 0 atom stereocenters. The minimum Gasteiger partial charge on any atom is -0.352 e. The number of hydrogen-bond donors (Lipinski definition) is 2. The van der Waals surface area contributed by atoms with E-state index in [-0.39, 0.29) is 18.2 Å². The van der Waals surface area contributed by atoms with E-state index < -0.39 is 0 Å². The number of nitrogens with one attached hydrogen (secondary N) is 2. The average molecular weight is 411 g/mol. The van der Waals surface area contributed by atoms with Gasteiger partial charge in [-0.25, -0.2) is 4.68 Å². The number of benzene rings is 2. The first-order valence-corrected chi connectivity index (χ1v) is 9.76. The summed E-state index contributed by atoms with van der Waals surface area (Å²) in [7, 11) is 0.